The standard InChI is InChI=1S/C25H26FN5O4/c1-15(17-7-10-25(2,11-8-17)24(34)35)29-23(33)20-13-19(30-21-9-12-28-31(20)21)22(32)27-14-16-3-5-18(26)6-4-16/h3-7,9,12-13,15H,8,10-11,14H2,1-2H3,(H,27,32)(H,29,33)(H,34,35). The number of rotatable bonds is 7. The highest BCUT2D eigenvalue weighted by molar-refractivity contribution is 5.98. The predicted octanol–water partition coefficient (Wildman–Crippen LogP) is 3.12. The molecule has 0 saturated heterocycles. The van der Waals surface area contributed by atoms with Gasteiger partial charge in [-0.15, -0.1) is 0 Å². The van der Waals surface area contributed by atoms with Gasteiger partial charge in [0.15, 0.2) is 5.65 Å². The van der Waals surface area contributed by atoms with Crippen molar-refractivity contribution in [2.24, 2.45) is 5.41 Å². The van der Waals surface area contributed by atoms with E-state index >= 15 is 0 Å². The van der Waals surface area contributed by atoms with Gasteiger partial charge < -0.3 is 15.7 Å². The Morgan fingerprint density at radius 3 is 2.60 bits per heavy atom. The molecule has 1 aromatic carbocycles. The van der Waals surface area contributed by atoms with Gasteiger partial charge in [0.1, 0.15) is 17.2 Å². The molecule has 35 heavy (non-hydrogen) atoms. The Bertz CT molecular complexity index is 1320. The van der Waals surface area contributed by atoms with Gasteiger partial charge in [-0.05, 0) is 50.8 Å². The Labute approximate surface area is 201 Å². The Morgan fingerprint density at radius 2 is 1.94 bits per heavy atom. The van der Waals surface area contributed by atoms with E-state index in [0.717, 1.165) is 11.1 Å². The predicted molar refractivity (Wildman–Crippen MR) is 125 cm³/mol. The van der Waals surface area contributed by atoms with Crippen LogP contribution in [0.25, 0.3) is 5.65 Å². The van der Waals surface area contributed by atoms with Crippen LogP contribution in [0.5, 0.6) is 0 Å². The molecule has 1 aliphatic rings. The maximum absolute atomic E-state index is 13.1. The number of allylic oxidation sites excluding steroid dienone is 1. The number of carboxylic acid groups (broad SMARTS) is 1. The molecule has 182 valence electrons. The second-order valence-electron chi connectivity index (χ2n) is 8.98. The summed E-state index contributed by atoms with van der Waals surface area (Å²) in [5, 5.41) is 19.2. The SMILES string of the molecule is CC(NC(=O)c1cc(C(=O)NCc2ccc(F)cc2)nc2ccnn12)C1=CCC(C)(C(=O)O)CC1. The van der Waals surface area contributed by atoms with Crippen LogP contribution in [0.2, 0.25) is 0 Å². The van der Waals surface area contributed by atoms with E-state index in [9.17, 15) is 23.9 Å². The van der Waals surface area contributed by atoms with Gasteiger partial charge in [0.25, 0.3) is 11.8 Å². The highest BCUT2D eigenvalue weighted by atomic mass is 19.1. The fraction of sp³-hybridized carbons (Fsp3) is 0.320. The number of nitrogens with zero attached hydrogens (tertiary/aromatic N) is 3. The summed E-state index contributed by atoms with van der Waals surface area (Å²) in [6.07, 6.45) is 4.82. The van der Waals surface area contributed by atoms with E-state index in [-0.39, 0.29) is 29.8 Å². The molecular weight excluding hydrogens is 453 g/mol. The molecule has 2 atom stereocenters. The molecule has 0 spiro atoms. The number of nitrogens with one attached hydrogen (secondary N) is 2. The monoisotopic (exact) mass is 479 g/mol. The Balaban J connectivity index is 1.49. The summed E-state index contributed by atoms with van der Waals surface area (Å²) in [4.78, 5) is 41.7. The summed E-state index contributed by atoms with van der Waals surface area (Å²) in [6, 6.07) is 8.41. The van der Waals surface area contributed by atoms with Crippen molar-refractivity contribution in [3.63, 3.8) is 0 Å². The van der Waals surface area contributed by atoms with Crippen molar-refractivity contribution in [3.8, 4) is 0 Å². The highest BCUT2D eigenvalue weighted by Crippen LogP contribution is 2.36. The van der Waals surface area contributed by atoms with Crippen LogP contribution < -0.4 is 10.6 Å². The minimum Gasteiger partial charge on any atom is -0.481 e. The lowest BCUT2D eigenvalue weighted by molar-refractivity contribution is -0.148. The molecule has 2 heterocycles. The first-order chi connectivity index (χ1) is 16.7. The van der Waals surface area contributed by atoms with Crippen molar-refractivity contribution in [2.45, 2.75) is 45.7 Å². The number of amides is 2. The van der Waals surface area contributed by atoms with Crippen molar-refractivity contribution in [1.29, 1.82) is 0 Å². The van der Waals surface area contributed by atoms with E-state index in [4.69, 9.17) is 0 Å². The molecule has 3 aromatic rings. The van der Waals surface area contributed by atoms with E-state index in [1.807, 2.05) is 13.0 Å². The third kappa shape index (κ3) is 5.21. The minimum atomic E-state index is -0.826. The van der Waals surface area contributed by atoms with Gasteiger partial charge >= 0.3 is 5.97 Å². The summed E-state index contributed by atoms with van der Waals surface area (Å²) in [6.45, 7) is 3.73. The van der Waals surface area contributed by atoms with Crippen LogP contribution >= 0.6 is 0 Å². The van der Waals surface area contributed by atoms with Gasteiger partial charge in [-0.2, -0.15) is 5.10 Å². The Morgan fingerprint density at radius 1 is 1.20 bits per heavy atom. The summed E-state index contributed by atoms with van der Waals surface area (Å²) in [5.41, 5.74) is 1.41. The molecule has 4 rings (SSSR count). The van der Waals surface area contributed by atoms with Crippen molar-refractivity contribution in [1.82, 2.24) is 25.2 Å². The molecule has 1 aliphatic carbocycles. The highest BCUT2D eigenvalue weighted by Gasteiger charge is 2.35. The van der Waals surface area contributed by atoms with E-state index in [2.05, 4.69) is 20.7 Å². The van der Waals surface area contributed by atoms with Crippen molar-refractivity contribution < 1.29 is 23.9 Å². The topological polar surface area (TPSA) is 126 Å². The second-order valence-corrected chi connectivity index (χ2v) is 8.98. The molecule has 2 amide bonds. The van der Waals surface area contributed by atoms with E-state index in [1.165, 1.54) is 28.9 Å². The number of carbonyl (C=O) groups is 3. The van der Waals surface area contributed by atoms with Crippen LogP contribution in [-0.4, -0.2) is 43.5 Å². The molecular formula is C25H26FN5O4. The van der Waals surface area contributed by atoms with E-state index in [1.54, 1.807) is 25.1 Å². The third-order valence-corrected chi connectivity index (χ3v) is 6.39. The van der Waals surface area contributed by atoms with Crippen LogP contribution in [0.15, 0.2) is 54.2 Å². The van der Waals surface area contributed by atoms with Gasteiger partial charge in [-0.3, -0.25) is 14.4 Å². The van der Waals surface area contributed by atoms with Crippen LogP contribution in [0.3, 0.4) is 0 Å². The number of hydrogen-bond acceptors (Lipinski definition) is 5. The molecule has 3 N–H and O–H groups in total. The van der Waals surface area contributed by atoms with Crippen LogP contribution in [0.4, 0.5) is 4.39 Å². The molecule has 0 radical (unpaired) electrons. The smallest absolute Gasteiger partial charge is 0.309 e. The number of halogens is 1. The largest absolute Gasteiger partial charge is 0.481 e. The van der Waals surface area contributed by atoms with Gasteiger partial charge in [-0.25, -0.2) is 13.9 Å². The van der Waals surface area contributed by atoms with Gasteiger partial charge in [0, 0.05) is 24.7 Å². The number of fused-ring (bicyclic) bond motifs is 1. The Hall–Kier alpha value is -4.08. The van der Waals surface area contributed by atoms with E-state index < -0.39 is 23.2 Å². The van der Waals surface area contributed by atoms with E-state index in [0.29, 0.717) is 24.9 Å². The lowest BCUT2D eigenvalue weighted by Crippen LogP contribution is -2.38. The quantitative estimate of drug-likeness (QED) is 0.447. The molecule has 2 aromatic heterocycles. The molecule has 0 aliphatic heterocycles. The normalized spacial score (nSPS) is 18.5. The molecule has 9 nitrogen and oxygen atoms in total. The zero-order valence-electron chi connectivity index (χ0n) is 19.4. The van der Waals surface area contributed by atoms with Gasteiger partial charge in [-0.1, -0.05) is 23.8 Å². The van der Waals surface area contributed by atoms with Crippen LogP contribution in [0.1, 0.15) is 59.7 Å². The number of benzene rings is 1. The van der Waals surface area contributed by atoms with Crippen molar-refractivity contribution in [2.75, 3.05) is 0 Å². The summed E-state index contributed by atoms with van der Waals surface area (Å²) in [5.74, 6) is -2.11. The first-order valence-electron chi connectivity index (χ1n) is 11.3. The van der Waals surface area contributed by atoms with Gasteiger partial charge in [0.05, 0.1) is 11.6 Å². The lowest BCUT2D eigenvalue weighted by Gasteiger charge is -2.30. The maximum Gasteiger partial charge on any atom is 0.309 e. The first kappa shape index (κ1) is 24.1. The molecule has 0 fully saturated rings. The third-order valence-electron chi connectivity index (χ3n) is 6.39. The second kappa shape index (κ2) is 9.65. The molecule has 0 bridgehead atoms. The average Bonchev–Trinajstić information content (AvgIpc) is 3.32. The average molecular weight is 480 g/mol. The summed E-state index contributed by atoms with van der Waals surface area (Å²) < 4.78 is 14.4. The van der Waals surface area contributed by atoms with Crippen LogP contribution in [-0.2, 0) is 11.3 Å². The maximum atomic E-state index is 13.1. The first-order valence-corrected chi connectivity index (χ1v) is 11.3. The van der Waals surface area contributed by atoms with Crippen molar-refractivity contribution in [3.05, 3.63) is 77.0 Å². The number of aromatic nitrogens is 3. The zero-order chi connectivity index (χ0) is 25.2. The minimum absolute atomic E-state index is 0.0482. The summed E-state index contributed by atoms with van der Waals surface area (Å²) >= 11 is 0. The van der Waals surface area contributed by atoms with Crippen molar-refractivity contribution >= 4 is 23.4 Å². The fourth-order valence-electron chi connectivity index (χ4n) is 4.00. The van der Waals surface area contributed by atoms with Gasteiger partial charge in [0.2, 0.25) is 0 Å². The molecule has 2 unspecified atom stereocenters. The number of carbonyl (C=O) groups excluding carboxylic acids is 2. The van der Waals surface area contributed by atoms with Crippen LogP contribution in [0, 0.1) is 11.2 Å². The lowest BCUT2D eigenvalue weighted by atomic mass is 9.75. The zero-order valence-corrected chi connectivity index (χ0v) is 19.4. The molecule has 0 saturated carbocycles. The Kier molecular flexibility index (Phi) is 6.63. The molecule has 10 heteroatoms. The number of carboxylic acids is 1. The fourth-order valence-corrected chi connectivity index (χ4v) is 4.00. The summed E-state index contributed by atoms with van der Waals surface area (Å²) in [7, 11) is 0. The number of aliphatic carboxylic acids is 1. The number of hydrogen-bond donors (Lipinski definition) is 3.